The van der Waals surface area contributed by atoms with Gasteiger partial charge < -0.3 is 10.1 Å². The lowest BCUT2D eigenvalue weighted by atomic mass is 10.0. The van der Waals surface area contributed by atoms with Crippen molar-refractivity contribution in [3.8, 4) is 5.75 Å². The van der Waals surface area contributed by atoms with E-state index in [1.165, 1.54) is 0 Å². The zero-order chi connectivity index (χ0) is 15.7. The highest BCUT2D eigenvalue weighted by Gasteiger charge is 2.26. The molecule has 0 saturated carbocycles. The van der Waals surface area contributed by atoms with Crippen molar-refractivity contribution in [2.75, 3.05) is 5.32 Å². The summed E-state index contributed by atoms with van der Waals surface area (Å²) in [5.41, 5.74) is 2.87. The molecular weight excluding hydrogens is 321 g/mol. The van der Waals surface area contributed by atoms with Gasteiger partial charge in [0.15, 0.2) is 6.10 Å². The van der Waals surface area contributed by atoms with E-state index in [-0.39, 0.29) is 5.91 Å². The number of hydrogen-bond acceptors (Lipinski definition) is 2. The van der Waals surface area contributed by atoms with Gasteiger partial charge in [0, 0.05) is 5.69 Å². The van der Waals surface area contributed by atoms with Crippen LogP contribution in [0, 0.1) is 6.92 Å². The van der Waals surface area contributed by atoms with Crippen molar-refractivity contribution < 1.29 is 9.53 Å². The van der Waals surface area contributed by atoms with E-state index < -0.39 is 6.10 Å². The zero-order valence-electron chi connectivity index (χ0n) is 12.0. The van der Waals surface area contributed by atoms with Crippen molar-refractivity contribution in [2.24, 2.45) is 0 Å². The maximum absolute atomic E-state index is 12.3. The minimum atomic E-state index is -0.497. The Morgan fingerprint density at radius 2 is 2.00 bits per heavy atom. The molecule has 1 heterocycles. The summed E-state index contributed by atoms with van der Waals surface area (Å²) in [6, 6.07) is 11.1. The lowest BCUT2D eigenvalue weighted by Crippen LogP contribution is -2.35. The third-order valence-electron chi connectivity index (χ3n) is 3.65. The second-order valence-corrected chi connectivity index (χ2v) is 6.19. The van der Waals surface area contributed by atoms with Gasteiger partial charge >= 0.3 is 0 Å². The fourth-order valence-electron chi connectivity index (χ4n) is 2.46. The molecule has 1 atom stereocenters. The van der Waals surface area contributed by atoms with Crippen molar-refractivity contribution >= 4 is 34.8 Å². The molecule has 1 aliphatic rings. The van der Waals surface area contributed by atoms with Crippen molar-refractivity contribution in [1.29, 1.82) is 0 Å². The van der Waals surface area contributed by atoms with Crippen LogP contribution in [0.3, 0.4) is 0 Å². The molecule has 3 rings (SSSR count). The molecule has 0 saturated heterocycles. The minimum absolute atomic E-state index is 0.175. The van der Waals surface area contributed by atoms with Gasteiger partial charge in [0.1, 0.15) is 5.75 Å². The molecule has 114 valence electrons. The Morgan fingerprint density at radius 3 is 2.77 bits per heavy atom. The summed E-state index contributed by atoms with van der Waals surface area (Å²) < 4.78 is 5.83. The Morgan fingerprint density at radius 1 is 1.18 bits per heavy atom. The summed E-state index contributed by atoms with van der Waals surface area (Å²) in [5, 5.41) is 3.68. The van der Waals surface area contributed by atoms with Crippen molar-refractivity contribution in [2.45, 2.75) is 25.9 Å². The number of nitrogens with one attached hydrogen (secondary N) is 1. The first-order chi connectivity index (χ1) is 10.5. The molecular formula is C17H15Cl2NO2. The van der Waals surface area contributed by atoms with Gasteiger partial charge in [-0.25, -0.2) is 0 Å². The van der Waals surface area contributed by atoms with Crippen molar-refractivity contribution in [3.05, 3.63) is 57.6 Å². The van der Waals surface area contributed by atoms with Gasteiger partial charge in [0.25, 0.3) is 5.91 Å². The maximum atomic E-state index is 12.3. The van der Waals surface area contributed by atoms with Gasteiger partial charge in [-0.1, -0.05) is 35.3 Å². The number of rotatable bonds is 2. The highest BCUT2D eigenvalue weighted by molar-refractivity contribution is 6.42. The molecule has 0 aromatic heterocycles. The fraction of sp³-hybridized carbons (Fsp3) is 0.235. The first-order valence-corrected chi connectivity index (χ1v) is 7.80. The van der Waals surface area contributed by atoms with Crippen LogP contribution in [-0.2, 0) is 11.2 Å². The Hall–Kier alpha value is -1.71. The average Bonchev–Trinajstić information content (AvgIpc) is 2.50. The number of anilines is 1. The van der Waals surface area contributed by atoms with Crippen LogP contribution >= 0.6 is 23.2 Å². The van der Waals surface area contributed by atoms with E-state index in [0.29, 0.717) is 22.2 Å². The fourth-order valence-corrected chi connectivity index (χ4v) is 2.76. The third-order valence-corrected chi connectivity index (χ3v) is 4.39. The van der Waals surface area contributed by atoms with Crippen LogP contribution in [0.4, 0.5) is 5.69 Å². The SMILES string of the molecule is Cc1ccc2c(c1)OC(C(=O)Nc1ccc(Cl)c(Cl)c1)CC2. The van der Waals surface area contributed by atoms with E-state index in [9.17, 15) is 4.79 Å². The molecule has 0 bridgehead atoms. The van der Waals surface area contributed by atoms with Crippen LogP contribution in [0.1, 0.15) is 17.5 Å². The molecule has 1 aliphatic heterocycles. The van der Waals surface area contributed by atoms with Gasteiger partial charge in [-0.3, -0.25) is 4.79 Å². The summed E-state index contributed by atoms with van der Waals surface area (Å²) >= 11 is 11.8. The predicted molar refractivity (Wildman–Crippen MR) is 89.0 cm³/mol. The third kappa shape index (κ3) is 3.21. The number of ether oxygens (including phenoxy) is 1. The number of amides is 1. The van der Waals surface area contributed by atoms with Gasteiger partial charge in [-0.05, 0) is 55.2 Å². The smallest absolute Gasteiger partial charge is 0.265 e. The molecule has 22 heavy (non-hydrogen) atoms. The second-order valence-electron chi connectivity index (χ2n) is 5.37. The highest BCUT2D eigenvalue weighted by Crippen LogP contribution is 2.29. The molecule has 2 aromatic rings. The van der Waals surface area contributed by atoms with Crippen LogP contribution in [-0.4, -0.2) is 12.0 Å². The van der Waals surface area contributed by atoms with E-state index in [1.807, 2.05) is 13.0 Å². The number of carbonyl (C=O) groups is 1. The van der Waals surface area contributed by atoms with Gasteiger partial charge in [-0.2, -0.15) is 0 Å². The van der Waals surface area contributed by atoms with Crippen LogP contribution < -0.4 is 10.1 Å². The Bertz CT molecular complexity index is 731. The first kappa shape index (κ1) is 15.2. The predicted octanol–water partition coefficient (Wildman–Crippen LogP) is 4.63. The molecule has 0 aliphatic carbocycles. The number of aryl methyl sites for hydroxylation is 2. The number of fused-ring (bicyclic) bond motifs is 1. The first-order valence-electron chi connectivity index (χ1n) is 7.05. The summed E-state index contributed by atoms with van der Waals surface area (Å²) in [7, 11) is 0. The van der Waals surface area contributed by atoms with E-state index in [1.54, 1.807) is 18.2 Å². The lowest BCUT2D eigenvalue weighted by Gasteiger charge is -2.25. The van der Waals surface area contributed by atoms with Gasteiger partial charge in [-0.15, -0.1) is 0 Å². The van der Waals surface area contributed by atoms with Crippen LogP contribution in [0.5, 0.6) is 5.75 Å². The number of halogens is 2. The quantitative estimate of drug-likeness (QED) is 0.868. The van der Waals surface area contributed by atoms with Crippen LogP contribution in [0.2, 0.25) is 10.0 Å². The zero-order valence-corrected chi connectivity index (χ0v) is 13.5. The maximum Gasteiger partial charge on any atom is 0.265 e. The molecule has 1 unspecified atom stereocenters. The topological polar surface area (TPSA) is 38.3 Å². The largest absolute Gasteiger partial charge is 0.480 e. The Labute approximate surface area is 139 Å². The molecule has 1 amide bonds. The summed E-state index contributed by atoms with van der Waals surface area (Å²) in [6.07, 6.45) is 0.988. The Balaban J connectivity index is 1.72. The summed E-state index contributed by atoms with van der Waals surface area (Å²) in [5.74, 6) is 0.617. The van der Waals surface area contributed by atoms with Crippen LogP contribution in [0.25, 0.3) is 0 Å². The second kappa shape index (κ2) is 6.19. The standard InChI is InChI=1S/C17H15Cl2NO2/c1-10-2-3-11-4-7-15(22-16(11)8-10)17(21)20-12-5-6-13(18)14(19)9-12/h2-3,5-6,8-9,15H,4,7H2,1H3,(H,20,21). The van der Waals surface area contributed by atoms with E-state index in [2.05, 4.69) is 17.4 Å². The average molecular weight is 336 g/mol. The molecule has 5 heteroatoms. The molecule has 3 nitrogen and oxygen atoms in total. The number of benzene rings is 2. The molecule has 0 spiro atoms. The molecule has 2 aromatic carbocycles. The molecule has 0 fully saturated rings. The minimum Gasteiger partial charge on any atom is -0.480 e. The van der Waals surface area contributed by atoms with Crippen LogP contribution in [0.15, 0.2) is 36.4 Å². The Kier molecular flexibility index (Phi) is 4.27. The number of carbonyl (C=O) groups excluding carboxylic acids is 1. The van der Waals surface area contributed by atoms with E-state index in [0.717, 1.165) is 23.3 Å². The van der Waals surface area contributed by atoms with Gasteiger partial charge in [0.2, 0.25) is 0 Å². The van der Waals surface area contributed by atoms with Crippen molar-refractivity contribution in [3.63, 3.8) is 0 Å². The summed E-state index contributed by atoms with van der Waals surface area (Å²) in [4.78, 5) is 12.3. The van der Waals surface area contributed by atoms with E-state index >= 15 is 0 Å². The normalized spacial score (nSPS) is 16.6. The molecule has 1 N–H and O–H groups in total. The van der Waals surface area contributed by atoms with Gasteiger partial charge in [0.05, 0.1) is 10.0 Å². The van der Waals surface area contributed by atoms with E-state index in [4.69, 9.17) is 27.9 Å². The van der Waals surface area contributed by atoms with Crippen molar-refractivity contribution in [1.82, 2.24) is 0 Å². The lowest BCUT2D eigenvalue weighted by molar-refractivity contribution is -0.123. The summed E-state index contributed by atoms with van der Waals surface area (Å²) in [6.45, 7) is 2.00. The monoisotopic (exact) mass is 335 g/mol. The highest BCUT2D eigenvalue weighted by atomic mass is 35.5. The molecule has 0 radical (unpaired) electrons. The number of hydrogen-bond donors (Lipinski definition) is 1.